The zero-order valence-electron chi connectivity index (χ0n) is 21.8. The lowest BCUT2D eigenvalue weighted by Crippen LogP contribution is -2.50. The lowest BCUT2D eigenvalue weighted by atomic mass is 9.88. The topological polar surface area (TPSA) is 117 Å². The zero-order valence-corrected chi connectivity index (χ0v) is 21.8. The van der Waals surface area contributed by atoms with Gasteiger partial charge < -0.3 is 16.0 Å². The molecule has 12 heteroatoms. The Morgan fingerprint density at radius 2 is 1.79 bits per heavy atom. The zero-order chi connectivity index (χ0) is 27.9. The third-order valence-corrected chi connectivity index (χ3v) is 7.62. The number of carbonyl (C=O) groups is 3. The van der Waals surface area contributed by atoms with E-state index in [1.807, 2.05) is 19.2 Å². The highest BCUT2D eigenvalue weighted by atomic mass is 19.4. The first kappa shape index (κ1) is 27.2. The molecule has 0 radical (unpaired) electrons. The molecule has 2 aliphatic carbocycles. The van der Waals surface area contributed by atoms with Gasteiger partial charge in [0, 0.05) is 24.5 Å². The Kier molecular flexibility index (Phi) is 7.41. The van der Waals surface area contributed by atoms with E-state index in [1.54, 1.807) is 35.1 Å². The van der Waals surface area contributed by atoms with Crippen molar-refractivity contribution in [2.24, 2.45) is 17.8 Å². The molecule has 1 aromatic carbocycles. The second-order valence-electron chi connectivity index (χ2n) is 11.0. The minimum absolute atomic E-state index is 0.0184. The molecule has 4 N–H and O–H groups in total. The maximum Gasteiger partial charge on any atom is 0.405 e. The highest BCUT2D eigenvalue weighted by Gasteiger charge is 2.48. The van der Waals surface area contributed by atoms with Crippen molar-refractivity contribution < 1.29 is 27.6 Å². The summed E-state index contributed by atoms with van der Waals surface area (Å²) in [4.78, 5) is 39.2. The molecule has 3 amide bonds. The molecule has 5 rings (SSSR count). The predicted octanol–water partition coefficient (Wildman–Crippen LogP) is 3.46. The van der Waals surface area contributed by atoms with E-state index < -0.39 is 30.7 Å². The van der Waals surface area contributed by atoms with Crippen LogP contribution in [0.5, 0.6) is 0 Å². The minimum atomic E-state index is -4.50. The first-order valence-electron chi connectivity index (χ1n) is 13.4. The van der Waals surface area contributed by atoms with Gasteiger partial charge >= 0.3 is 6.18 Å². The van der Waals surface area contributed by atoms with E-state index >= 15 is 0 Å². The van der Waals surface area contributed by atoms with Crippen LogP contribution in [0.15, 0.2) is 30.5 Å². The fourth-order valence-electron chi connectivity index (χ4n) is 5.53. The van der Waals surface area contributed by atoms with E-state index in [4.69, 9.17) is 0 Å². The number of hydrogen-bond acceptors (Lipinski definition) is 5. The molecule has 2 saturated carbocycles. The molecule has 210 valence electrons. The van der Waals surface area contributed by atoms with Gasteiger partial charge in [-0.15, -0.1) is 0 Å². The van der Waals surface area contributed by atoms with Crippen LogP contribution in [0.4, 0.5) is 18.9 Å². The van der Waals surface area contributed by atoms with Crippen LogP contribution >= 0.6 is 0 Å². The summed E-state index contributed by atoms with van der Waals surface area (Å²) in [5, 5.41) is 15.0. The van der Waals surface area contributed by atoms with E-state index in [0.717, 1.165) is 25.7 Å². The number of benzene rings is 1. The van der Waals surface area contributed by atoms with Crippen LogP contribution in [0.1, 0.15) is 73.2 Å². The van der Waals surface area contributed by atoms with Crippen molar-refractivity contribution in [2.75, 3.05) is 11.9 Å². The van der Waals surface area contributed by atoms with Crippen molar-refractivity contribution in [3.63, 3.8) is 0 Å². The molecule has 3 aliphatic rings. The number of amides is 3. The number of carbonyl (C=O) groups excluding carboxylic acids is 3. The molecule has 2 aromatic rings. The summed E-state index contributed by atoms with van der Waals surface area (Å²) in [6, 6.07) is 4.98. The molecular formula is C27H33F3N6O3. The number of halogens is 3. The molecule has 0 saturated heterocycles. The number of fused-ring (bicyclic) bond motifs is 1. The second kappa shape index (κ2) is 10.6. The van der Waals surface area contributed by atoms with Gasteiger partial charge in [0.1, 0.15) is 24.3 Å². The fraction of sp³-hybridized carbons (Fsp3) is 0.556. The second-order valence-corrected chi connectivity index (χ2v) is 11.0. The van der Waals surface area contributed by atoms with Crippen LogP contribution < -0.4 is 21.3 Å². The molecule has 2 unspecified atom stereocenters. The Bertz CT molecular complexity index is 1240. The van der Waals surface area contributed by atoms with Crippen molar-refractivity contribution in [3.8, 4) is 0 Å². The molecule has 2 heterocycles. The number of rotatable bonds is 10. The van der Waals surface area contributed by atoms with Gasteiger partial charge in [0.25, 0.3) is 5.91 Å². The number of hydrogen-bond donors (Lipinski definition) is 4. The van der Waals surface area contributed by atoms with Gasteiger partial charge in [0.05, 0.1) is 0 Å². The van der Waals surface area contributed by atoms with E-state index in [0.29, 0.717) is 34.3 Å². The van der Waals surface area contributed by atoms with Crippen molar-refractivity contribution >= 4 is 23.4 Å². The van der Waals surface area contributed by atoms with E-state index in [9.17, 15) is 27.6 Å². The summed E-state index contributed by atoms with van der Waals surface area (Å²) in [6.45, 7) is 2.73. The largest absolute Gasteiger partial charge is 0.405 e. The van der Waals surface area contributed by atoms with Crippen LogP contribution in [0, 0.1) is 17.8 Å². The molecular weight excluding hydrogens is 513 g/mol. The summed E-state index contributed by atoms with van der Waals surface area (Å²) < 4.78 is 39.2. The van der Waals surface area contributed by atoms with Crippen LogP contribution in [-0.2, 0) is 16.1 Å². The summed E-state index contributed by atoms with van der Waals surface area (Å²) in [7, 11) is 0. The Labute approximate surface area is 224 Å². The van der Waals surface area contributed by atoms with Crippen LogP contribution in [0.2, 0.25) is 0 Å². The summed E-state index contributed by atoms with van der Waals surface area (Å²) in [5.41, 5.74) is 2.16. The summed E-state index contributed by atoms with van der Waals surface area (Å²) in [6.07, 6.45) is 1.21. The average Bonchev–Trinajstić information content (AvgIpc) is 3.80. The number of alkyl halides is 3. The quantitative estimate of drug-likeness (QED) is 0.364. The van der Waals surface area contributed by atoms with Crippen molar-refractivity contribution in [2.45, 2.75) is 70.4 Å². The SMILES string of the molecule is CC(C)n1nccc1C(=O)NC(C(=O)Nc1ccc2c(c1)CNC2C(=O)NCC(F)(F)F)C(C1CC1)C1CC1. The Morgan fingerprint density at radius 1 is 1.10 bits per heavy atom. The van der Waals surface area contributed by atoms with Gasteiger partial charge in [-0.25, -0.2) is 0 Å². The van der Waals surface area contributed by atoms with E-state index in [1.165, 1.54) is 0 Å². The summed E-state index contributed by atoms with van der Waals surface area (Å²) >= 11 is 0. The molecule has 9 nitrogen and oxygen atoms in total. The highest BCUT2D eigenvalue weighted by Crippen LogP contribution is 2.51. The summed E-state index contributed by atoms with van der Waals surface area (Å²) in [5.74, 6) is -0.593. The van der Waals surface area contributed by atoms with Crippen molar-refractivity contribution in [1.82, 2.24) is 25.7 Å². The number of anilines is 1. The average molecular weight is 547 g/mol. The molecule has 2 atom stereocenters. The van der Waals surface area contributed by atoms with E-state index in [-0.39, 0.29) is 30.3 Å². The number of nitrogens with zero attached hydrogens (tertiary/aromatic N) is 2. The smallest absolute Gasteiger partial charge is 0.345 e. The molecule has 1 aromatic heterocycles. The molecule has 39 heavy (non-hydrogen) atoms. The van der Waals surface area contributed by atoms with Crippen molar-refractivity contribution in [1.29, 1.82) is 0 Å². The third kappa shape index (κ3) is 6.26. The lowest BCUT2D eigenvalue weighted by molar-refractivity contribution is -0.139. The highest BCUT2D eigenvalue weighted by molar-refractivity contribution is 6.01. The molecule has 0 spiro atoms. The molecule has 0 bridgehead atoms. The van der Waals surface area contributed by atoms with Gasteiger partial charge in [-0.1, -0.05) is 6.07 Å². The first-order valence-corrected chi connectivity index (χ1v) is 13.4. The first-order chi connectivity index (χ1) is 18.5. The van der Waals surface area contributed by atoms with Gasteiger partial charge in [0.2, 0.25) is 11.8 Å². The van der Waals surface area contributed by atoms with E-state index in [2.05, 4.69) is 21.0 Å². The Morgan fingerprint density at radius 3 is 2.41 bits per heavy atom. The predicted molar refractivity (Wildman–Crippen MR) is 137 cm³/mol. The van der Waals surface area contributed by atoms with Gasteiger partial charge in [-0.3, -0.25) is 24.4 Å². The van der Waals surface area contributed by atoms with Crippen molar-refractivity contribution in [3.05, 3.63) is 47.3 Å². The number of aromatic nitrogens is 2. The Hall–Kier alpha value is -3.41. The van der Waals surface area contributed by atoms with Gasteiger partial charge in [-0.2, -0.15) is 18.3 Å². The van der Waals surface area contributed by atoms with Gasteiger partial charge in [-0.05, 0) is 86.6 Å². The lowest BCUT2D eigenvalue weighted by Gasteiger charge is -2.28. The maximum atomic E-state index is 13.7. The molecule has 1 aliphatic heterocycles. The van der Waals surface area contributed by atoms with Crippen LogP contribution in [-0.4, -0.2) is 46.3 Å². The number of nitrogens with one attached hydrogen (secondary N) is 4. The maximum absolute atomic E-state index is 13.7. The fourth-order valence-corrected chi connectivity index (χ4v) is 5.53. The Balaban J connectivity index is 1.31. The van der Waals surface area contributed by atoms with Crippen LogP contribution in [0.25, 0.3) is 0 Å². The van der Waals surface area contributed by atoms with Crippen LogP contribution in [0.3, 0.4) is 0 Å². The van der Waals surface area contributed by atoms with Gasteiger partial charge in [0.15, 0.2) is 0 Å². The monoisotopic (exact) mass is 546 g/mol. The molecule has 2 fully saturated rings. The third-order valence-electron chi connectivity index (χ3n) is 7.62. The minimum Gasteiger partial charge on any atom is -0.345 e. The standard InChI is InChI=1S/C27H33F3N6O3/c1-14(2)36-20(9-10-33-36)24(37)35-23(21(15-3-4-15)16-5-6-16)26(39)34-18-7-8-19-17(11-18)12-31-22(19)25(38)32-13-27(28,29)30/h7-11,14-16,21-23,31H,3-6,12-13H2,1-2H3,(H,32,38)(H,34,39)(H,35,37). The normalized spacial score (nSPS) is 19.6.